The van der Waals surface area contributed by atoms with E-state index in [0.29, 0.717) is 0 Å². The molecule has 1 aromatic heterocycles. The largest absolute Gasteiger partial charge is 0.303 e. The quantitative estimate of drug-likeness (QED) is 0.850. The molecule has 82 valence electrons. The Kier molecular flexibility index (Phi) is 2.15. The van der Waals surface area contributed by atoms with Gasteiger partial charge in [0.05, 0.1) is 11.2 Å². The Labute approximate surface area is 95.1 Å². The van der Waals surface area contributed by atoms with Gasteiger partial charge in [0.1, 0.15) is 5.01 Å². The van der Waals surface area contributed by atoms with Crippen LogP contribution in [0.3, 0.4) is 0 Å². The number of aromatic nitrogens is 1. The van der Waals surface area contributed by atoms with E-state index < -0.39 is 0 Å². The highest BCUT2D eigenvalue weighted by Gasteiger charge is 2.44. The zero-order valence-electron chi connectivity index (χ0n) is 9.47. The van der Waals surface area contributed by atoms with Gasteiger partial charge in [-0.2, -0.15) is 0 Å². The molecule has 2 fully saturated rings. The Morgan fingerprint density at radius 1 is 1.33 bits per heavy atom. The first kappa shape index (κ1) is 9.79. The highest BCUT2D eigenvalue weighted by Crippen LogP contribution is 2.45. The van der Waals surface area contributed by atoms with Gasteiger partial charge in [0.15, 0.2) is 0 Å². The van der Waals surface area contributed by atoms with Crippen LogP contribution in [0.2, 0.25) is 0 Å². The van der Waals surface area contributed by atoms with E-state index in [4.69, 9.17) is 4.98 Å². The van der Waals surface area contributed by atoms with Crippen molar-refractivity contribution in [2.24, 2.45) is 0 Å². The molecule has 2 aliphatic carbocycles. The van der Waals surface area contributed by atoms with E-state index in [1.54, 1.807) is 0 Å². The van der Waals surface area contributed by atoms with Crippen molar-refractivity contribution in [2.45, 2.75) is 57.5 Å². The summed E-state index contributed by atoms with van der Waals surface area (Å²) >= 11 is 1.89. The van der Waals surface area contributed by atoms with Crippen LogP contribution in [0, 0.1) is 13.8 Å². The van der Waals surface area contributed by atoms with Crippen molar-refractivity contribution in [3.63, 3.8) is 0 Å². The molecule has 0 aliphatic heterocycles. The van der Waals surface area contributed by atoms with Gasteiger partial charge in [-0.05, 0) is 46.0 Å². The van der Waals surface area contributed by atoms with Gasteiger partial charge in [-0.3, -0.25) is 0 Å². The van der Waals surface area contributed by atoms with Crippen molar-refractivity contribution in [3.05, 3.63) is 15.6 Å². The Bertz CT molecular complexity index is 355. The third-order valence-corrected chi connectivity index (χ3v) is 4.98. The second kappa shape index (κ2) is 3.29. The van der Waals surface area contributed by atoms with E-state index in [2.05, 4.69) is 19.2 Å². The van der Waals surface area contributed by atoms with Gasteiger partial charge in [-0.1, -0.05) is 0 Å². The lowest BCUT2D eigenvalue weighted by Crippen LogP contribution is -2.49. The minimum Gasteiger partial charge on any atom is -0.303 e. The van der Waals surface area contributed by atoms with Crippen LogP contribution in [-0.2, 0) is 5.54 Å². The average molecular weight is 222 g/mol. The molecule has 0 atom stereocenters. The van der Waals surface area contributed by atoms with Gasteiger partial charge in [-0.15, -0.1) is 11.3 Å². The molecule has 0 radical (unpaired) electrons. The number of rotatable bonds is 3. The van der Waals surface area contributed by atoms with Gasteiger partial charge in [-0.25, -0.2) is 4.98 Å². The van der Waals surface area contributed by atoms with Crippen LogP contribution in [0.15, 0.2) is 0 Å². The summed E-state index contributed by atoms with van der Waals surface area (Å²) in [5.41, 5.74) is 1.49. The van der Waals surface area contributed by atoms with E-state index in [-0.39, 0.29) is 5.54 Å². The number of nitrogens with one attached hydrogen (secondary N) is 1. The van der Waals surface area contributed by atoms with Gasteiger partial charge in [0.25, 0.3) is 0 Å². The molecule has 2 saturated carbocycles. The molecule has 0 bridgehead atoms. The van der Waals surface area contributed by atoms with Gasteiger partial charge in [0, 0.05) is 10.9 Å². The van der Waals surface area contributed by atoms with E-state index in [0.717, 1.165) is 6.04 Å². The third-order valence-electron chi connectivity index (χ3n) is 3.70. The lowest BCUT2D eigenvalue weighted by Gasteiger charge is -2.41. The predicted molar refractivity (Wildman–Crippen MR) is 63.3 cm³/mol. The summed E-state index contributed by atoms with van der Waals surface area (Å²) in [6.07, 6.45) is 6.67. The maximum atomic E-state index is 4.74. The lowest BCUT2D eigenvalue weighted by molar-refractivity contribution is 0.182. The molecule has 0 aromatic carbocycles. The number of thiazole rings is 1. The topological polar surface area (TPSA) is 24.9 Å². The zero-order chi connectivity index (χ0) is 10.5. The average Bonchev–Trinajstić information content (AvgIpc) is 2.88. The first-order valence-corrected chi connectivity index (χ1v) is 6.73. The highest BCUT2D eigenvalue weighted by atomic mass is 32.1. The van der Waals surface area contributed by atoms with Crippen LogP contribution in [0.4, 0.5) is 0 Å². The molecule has 3 rings (SSSR count). The van der Waals surface area contributed by atoms with Crippen molar-refractivity contribution in [1.82, 2.24) is 10.3 Å². The first-order valence-electron chi connectivity index (χ1n) is 5.92. The second-order valence-corrected chi connectivity index (χ2v) is 6.22. The Balaban J connectivity index is 1.87. The van der Waals surface area contributed by atoms with Crippen molar-refractivity contribution in [1.29, 1.82) is 0 Å². The Hall–Kier alpha value is -0.410. The van der Waals surface area contributed by atoms with Crippen LogP contribution >= 0.6 is 11.3 Å². The highest BCUT2D eigenvalue weighted by molar-refractivity contribution is 7.11. The van der Waals surface area contributed by atoms with Crippen LogP contribution in [0.1, 0.15) is 47.7 Å². The summed E-state index contributed by atoms with van der Waals surface area (Å²) in [6.45, 7) is 4.30. The number of hydrogen-bond acceptors (Lipinski definition) is 3. The summed E-state index contributed by atoms with van der Waals surface area (Å²) in [6, 6.07) is 0.787. The minimum atomic E-state index is 0.269. The summed E-state index contributed by atoms with van der Waals surface area (Å²) in [5.74, 6) is 0. The lowest BCUT2D eigenvalue weighted by atomic mass is 9.77. The number of nitrogens with zero attached hydrogens (tertiary/aromatic N) is 1. The molecule has 3 heteroatoms. The molecule has 2 nitrogen and oxygen atoms in total. The molecule has 1 N–H and O–H groups in total. The van der Waals surface area contributed by atoms with Crippen LogP contribution in [0.25, 0.3) is 0 Å². The third kappa shape index (κ3) is 1.62. The normalized spacial score (nSPS) is 23.9. The van der Waals surface area contributed by atoms with Gasteiger partial charge >= 0.3 is 0 Å². The van der Waals surface area contributed by atoms with E-state index in [9.17, 15) is 0 Å². The molecular formula is C12H18N2S. The summed E-state index contributed by atoms with van der Waals surface area (Å²) in [4.78, 5) is 6.12. The van der Waals surface area contributed by atoms with E-state index in [1.165, 1.54) is 47.7 Å². The molecule has 0 amide bonds. The molecule has 1 aromatic rings. The van der Waals surface area contributed by atoms with Crippen molar-refractivity contribution in [3.8, 4) is 0 Å². The molecule has 0 unspecified atom stereocenters. The van der Waals surface area contributed by atoms with Crippen LogP contribution in [0.5, 0.6) is 0 Å². The zero-order valence-corrected chi connectivity index (χ0v) is 10.3. The smallest absolute Gasteiger partial charge is 0.113 e. The SMILES string of the molecule is Cc1nc(C2(NC3CC3)CCC2)sc1C. The fourth-order valence-electron chi connectivity index (χ4n) is 2.25. The fourth-order valence-corrected chi connectivity index (χ4v) is 3.37. The van der Waals surface area contributed by atoms with Crippen molar-refractivity contribution in [2.75, 3.05) is 0 Å². The summed E-state index contributed by atoms with van der Waals surface area (Å²) < 4.78 is 0. The molecule has 15 heavy (non-hydrogen) atoms. The summed E-state index contributed by atoms with van der Waals surface area (Å²) in [7, 11) is 0. The molecule has 2 aliphatic rings. The standard InChI is InChI=1S/C12H18N2S/c1-8-9(2)15-11(13-8)12(6-3-7-12)14-10-4-5-10/h10,14H,3-7H2,1-2H3. The fraction of sp³-hybridized carbons (Fsp3) is 0.750. The molecular weight excluding hydrogens is 204 g/mol. The Morgan fingerprint density at radius 3 is 2.47 bits per heavy atom. The number of hydrogen-bond donors (Lipinski definition) is 1. The molecule has 0 spiro atoms. The van der Waals surface area contributed by atoms with Gasteiger partial charge < -0.3 is 5.32 Å². The maximum Gasteiger partial charge on any atom is 0.113 e. The van der Waals surface area contributed by atoms with Crippen LogP contribution < -0.4 is 5.32 Å². The summed E-state index contributed by atoms with van der Waals surface area (Å²) in [5, 5.41) is 5.15. The van der Waals surface area contributed by atoms with Crippen molar-refractivity contribution >= 4 is 11.3 Å². The monoisotopic (exact) mass is 222 g/mol. The Morgan fingerprint density at radius 2 is 2.07 bits per heavy atom. The van der Waals surface area contributed by atoms with Crippen molar-refractivity contribution < 1.29 is 0 Å². The molecule has 1 heterocycles. The minimum absolute atomic E-state index is 0.269. The van der Waals surface area contributed by atoms with Crippen LogP contribution in [-0.4, -0.2) is 11.0 Å². The van der Waals surface area contributed by atoms with E-state index in [1.807, 2.05) is 11.3 Å². The molecule has 0 saturated heterocycles. The first-order chi connectivity index (χ1) is 7.20. The van der Waals surface area contributed by atoms with Gasteiger partial charge in [0.2, 0.25) is 0 Å². The predicted octanol–water partition coefficient (Wildman–Crippen LogP) is 2.89. The second-order valence-electron chi connectivity index (χ2n) is 5.01. The maximum absolute atomic E-state index is 4.74. The number of aryl methyl sites for hydroxylation is 2. The van der Waals surface area contributed by atoms with E-state index >= 15 is 0 Å².